The first-order chi connectivity index (χ1) is 14.3. The number of aliphatic hydroxyl groups is 1. The van der Waals surface area contributed by atoms with Gasteiger partial charge in [0, 0.05) is 19.0 Å². The van der Waals surface area contributed by atoms with Crippen molar-refractivity contribution in [1.82, 2.24) is 29.5 Å². The van der Waals surface area contributed by atoms with Gasteiger partial charge < -0.3 is 19.9 Å². The molecule has 0 unspecified atom stereocenters. The number of anilines is 3. The molecule has 30 heavy (non-hydrogen) atoms. The molecule has 0 aromatic carbocycles. The molecule has 158 valence electrons. The molecule has 2 N–H and O–H groups in total. The summed E-state index contributed by atoms with van der Waals surface area (Å²) in [7, 11) is 0. The Morgan fingerprint density at radius 1 is 1.23 bits per heavy atom. The van der Waals surface area contributed by atoms with Gasteiger partial charge in [-0.05, 0) is 26.7 Å². The molecule has 0 radical (unpaired) electrons. The van der Waals surface area contributed by atoms with Crippen molar-refractivity contribution in [2.75, 3.05) is 16.8 Å². The first-order valence-corrected chi connectivity index (χ1v) is 9.89. The van der Waals surface area contributed by atoms with E-state index < -0.39 is 18.6 Å². The van der Waals surface area contributed by atoms with E-state index in [1.807, 2.05) is 11.8 Å². The Balaban J connectivity index is 1.41. The molecule has 5 rings (SSSR count). The fourth-order valence-electron chi connectivity index (χ4n) is 4.23. The second kappa shape index (κ2) is 6.79. The van der Waals surface area contributed by atoms with E-state index in [0.717, 1.165) is 11.4 Å². The van der Waals surface area contributed by atoms with Crippen LogP contribution in [-0.2, 0) is 13.0 Å². The first-order valence-electron chi connectivity index (χ1n) is 9.89. The summed E-state index contributed by atoms with van der Waals surface area (Å²) in [5.41, 5.74) is 1.79. The fraction of sp³-hybridized carbons (Fsp3) is 0.526. The number of nitrogens with zero attached hydrogens (tertiary/aromatic N) is 7. The Kier molecular flexibility index (Phi) is 4.31. The normalized spacial score (nSPS) is 23.1. The zero-order chi connectivity index (χ0) is 21.0. The molecule has 1 aliphatic heterocycles. The molecule has 11 heteroatoms. The second-order valence-electron chi connectivity index (χ2n) is 8.21. The summed E-state index contributed by atoms with van der Waals surface area (Å²) < 4.78 is 27.3. The molecule has 0 saturated heterocycles. The third-order valence-electron chi connectivity index (χ3n) is 5.65. The summed E-state index contributed by atoms with van der Waals surface area (Å²) in [4.78, 5) is 24.1. The number of halogens is 2. The van der Waals surface area contributed by atoms with Crippen molar-refractivity contribution in [3.05, 3.63) is 23.9 Å². The van der Waals surface area contributed by atoms with Crippen LogP contribution in [0.1, 0.15) is 31.3 Å². The molecule has 0 atom stereocenters. The van der Waals surface area contributed by atoms with Crippen molar-refractivity contribution < 1.29 is 13.9 Å². The minimum absolute atomic E-state index is 0.169. The Morgan fingerprint density at radius 3 is 2.77 bits per heavy atom. The van der Waals surface area contributed by atoms with Crippen LogP contribution in [0, 0.1) is 6.92 Å². The van der Waals surface area contributed by atoms with Crippen LogP contribution in [0.15, 0.2) is 12.4 Å². The predicted octanol–water partition coefficient (Wildman–Crippen LogP) is 2.21. The molecule has 4 heterocycles. The average molecular weight is 416 g/mol. The van der Waals surface area contributed by atoms with E-state index in [1.165, 1.54) is 4.57 Å². The van der Waals surface area contributed by atoms with E-state index in [0.29, 0.717) is 54.7 Å². The molecule has 1 saturated carbocycles. The number of fused-ring (bicyclic) bond motifs is 2. The predicted molar refractivity (Wildman–Crippen MR) is 106 cm³/mol. The van der Waals surface area contributed by atoms with E-state index in [4.69, 9.17) is 0 Å². The van der Waals surface area contributed by atoms with Crippen LogP contribution in [0.5, 0.6) is 0 Å². The molecular weight excluding hydrogens is 394 g/mol. The van der Waals surface area contributed by atoms with Crippen molar-refractivity contribution in [2.24, 2.45) is 0 Å². The SMILES string of the molecule is Cc1nc2ncc(N3CCc4nc(NC5CC(C)(O)C5)ncc43)nc2n1CC(F)F. The molecule has 3 aromatic rings. The van der Waals surface area contributed by atoms with Crippen LogP contribution in [0.25, 0.3) is 11.3 Å². The van der Waals surface area contributed by atoms with Gasteiger partial charge in [-0.25, -0.2) is 33.7 Å². The highest BCUT2D eigenvalue weighted by Gasteiger charge is 2.38. The lowest BCUT2D eigenvalue weighted by molar-refractivity contribution is -0.0236. The van der Waals surface area contributed by atoms with Crippen LogP contribution in [0.4, 0.5) is 26.2 Å². The maximum absolute atomic E-state index is 13.0. The lowest BCUT2D eigenvalue weighted by Gasteiger charge is -2.41. The average Bonchev–Trinajstić information content (AvgIpc) is 3.20. The lowest BCUT2D eigenvalue weighted by atomic mass is 9.77. The number of hydrogen-bond donors (Lipinski definition) is 2. The lowest BCUT2D eigenvalue weighted by Crippen LogP contribution is -2.48. The summed E-state index contributed by atoms with van der Waals surface area (Å²) in [6.45, 7) is 3.66. The fourth-order valence-corrected chi connectivity index (χ4v) is 4.23. The van der Waals surface area contributed by atoms with Gasteiger partial charge in [-0.1, -0.05) is 0 Å². The summed E-state index contributed by atoms with van der Waals surface area (Å²) in [5, 5.41) is 13.1. The molecule has 9 nitrogen and oxygen atoms in total. The minimum Gasteiger partial charge on any atom is -0.390 e. The van der Waals surface area contributed by atoms with Crippen molar-refractivity contribution in [1.29, 1.82) is 0 Å². The van der Waals surface area contributed by atoms with Crippen LogP contribution < -0.4 is 10.2 Å². The van der Waals surface area contributed by atoms with Gasteiger partial charge >= 0.3 is 0 Å². The number of hydrogen-bond acceptors (Lipinski definition) is 8. The second-order valence-corrected chi connectivity index (χ2v) is 8.21. The van der Waals surface area contributed by atoms with E-state index in [2.05, 4.69) is 30.2 Å². The molecule has 1 fully saturated rings. The maximum atomic E-state index is 13.0. The molecule has 0 amide bonds. The highest BCUT2D eigenvalue weighted by atomic mass is 19.3. The minimum atomic E-state index is -2.50. The van der Waals surface area contributed by atoms with Crippen LogP contribution >= 0.6 is 0 Å². The van der Waals surface area contributed by atoms with E-state index in [1.54, 1.807) is 19.3 Å². The highest BCUT2D eigenvalue weighted by Crippen LogP contribution is 2.35. The summed E-state index contributed by atoms with van der Waals surface area (Å²) in [6.07, 6.45) is 2.88. The van der Waals surface area contributed by atoms with Gasteiger partial charge in [-0.2, -0.15) is 0 Å². The number of nitrogens with one attached hydrogen (secondary N) is 1. The van der Waals surface area contributed by atoms with Gasteiger partial charge in [0.05, 0.1) is 35.9 Å². The first kappa shape index (κ1) is 19.0. The quantitative estimate of drug-likeness (QED) is 0.652. The molecule has 0 spiro atoms. The van der Waals surface area contributed by atoms with E-state index in [9.17, 15) is 13.9 Å². The number of aromatic nitrogens is 6. The Hall–Kier alpha value is -2.95. The van der Waals surface area contributed by atoms with Crippen molar-refractivity contribution in [3.63, 3.8) is 0 Å². The monoisotopic (exact) mass is 416 g/mol. The zero-order valence-electron chi connectivity index (χ0n) is 16.7. The van der Waals surface area contributed by atoms with Crippen molar-refractivity contribution in [3.8, 4) is 0 Å². The standard InChI is InChI=1S/C19H22F2N8O/c1-10-24-16-17(29(10)9-14(20)21)27-15(8-22-16)28-4-3-12-13(28)7-23-18(26-12)25-11-5-19(2,30)6-11/h7-8,11,14,30H,3-6,9H2,1-2H3,(H,23,25,26). The van der Waals surface area contributed by atoms with Gasteiger partial charge in [0.2, 0.25) is 5.95 Å². The van der Waals surface area contributed by atoms with Gasteiger partial charge in [-0.3, -0.25) is 0 Å². The van der Waals surface area contributed by atoms with Crippen molar-refractivity contribution >= 4 is 28.7 Å². The number of rotatable bonds is 5. The van der Waals surface area contributed by atoms with Crippen LogP contribution in [0.2, 0.25) is 0 Å². The molecular formula is C19H22F2N8O. The summed E-state index contributed by atoms with van der Waals surface area (Å²) in [5.74, 6) is 1.55. The third-order valence-corrected chi connectivity index (χ3v) is 5.65. The van der Waals surface area contributed by atoms with Crippen molar-refractivity contribution in [2.45, 2.75) is 57.7 Å². The molecule has 1 aliphatic carbocycles. The third kappa shape index (κ3) is 3.32. The number of alkyl halides is 2. The number of imidazole rings is 1. The topological polar surface area (TPSA) is 105 Å². The molecule has 3 aromatic heterocycles. The van der Waals surface area contributed by atoms with E-state index in [-0.39, 0.29) is 6.04 Å². The Labute approximate surface area is 171 Å². The Morgan fingerprint density at radius 2 is 2.03 bits per heavy atom. The summed E-state index contributed by atoms with van der Waals surface area (Å²) >= 11 is 0. The molecule has 0 bridgehead atoms. The Bertz CT molecular complexity index is 1110. The zero-order valence-corrected chi connectivity index (χ0v) is 16.7. The van der Waals surface area contributed by atoms with E-state index >= 15 is 0 Å². The largest absolute Gasteiger partial charge is 0.390 e. The van der Waals surface area contributed by atoms with Gasteiger partial charge in [0.1, 0.15) is 5.82 Å². The van der Waals surface area contributed by atoms with Gasteiger partial charge in [0.25, 0.3) is 6.43 Å². The molecule has 2 aliphatic rings. The van der Waals surface area contributed by atoms with Gasteiger partial charge in [0.15, 0.2) is 17.1 Å². The highest BCUT2D eigenvalue weighted by molar-refractivity contribution is 5.72. The van der Waals surface area contributed by atoms with Crippen LogP contribution in [0.3, 0.4) is 0 Å². The van der Waals surface area contributed by atoms with Crippen LogP contribution in [-0.4, -0.2) is 59.2 Å². The number of aryl methyl sites for hydroxylation is 1. The maximum Gasteiger partial charge on any atom is 0.256 e. The van der Waals surface area contributed by atoms with Gasteiger partial charge in [-0.15, -0.1) is 0 Å². The summed E-state index contributed by atoms with van der Waals surface area (Å²) in [6, 6.07) is 0.169. The smallest absolute Gasteiger partial charge is 0.256 e.